The molecule has 4 nitrogen and oxygen atoms in total. The molecule has 0 unspecified atom stereocenters. The zero-order valence-electron chi connectivity index (χ0n) is 13.7. The molecule has 1 amide bonds. The van der Waals surface area contributed by atoms with Gasteiger partial charge in [-0.05, 0) is 43.0 Å². The molecule has 4 heteroatoms. The van der Waals surface area contributed by atoms with Crippen molar-refractivity contribution in [2.24, 2.45) is 0 Å². The Balaban J connectivity index is 1.53. The van der Waals surface area contributed by atoms with Gasteiger partial charge in [0, 0.05) is 0 Å². The number of ether oxygens (including phenoxy) is 2. The summed E-state index contributed by atoms with van der Waals surface area (Å²) in [6, 6.07) is 15.9. The van der Waals surface area contributed by atoms with Crippen LogP contribution in [0.5, 0.6) is 11.5 Å². The van der Waals surface area contributed by atoms with E-state index in [1.807, 2.05) is 43.3 Å². The van der Waals surface area contributed by atoms with Crippen LogP contribution in [0, 0.1) is 0 Å². The van der Waals surface area contributed by atoms with Crippen LogP contribution in [-0.4, -0.2) is 12.7 Å². The molecule has 1 aliphatic carbocycles. The van der Waals surface area contributed by atoms with E-state index >= 15 is 0 Å². The number of amides is 1. The molecular formula is C20H21NO3. The van der Waals surface area contributed by atoms with Gasteiger partial charge in [0.1, 0.15) is 0 Å². The third kappa shape index (κ3) is 2.42. The van der Waals surface area contributed by atoms with Crippen LogP contribution >= 0.6 is 0 Å². The Labute approximate surface area is 141 Å². The maximum absolute atomic E-state index is 13.0. The van der Waals surface area contributed by atoms with Gasteiger partial charge in [0.05, 0.1) is 11.5 Å². The number of hydrogen-bond acceptors (Lipinski definition) is 3. The third-order valence-corrected chi connectivity index (χ3v) is 5.21. The van der Waals surface area contributed by atoms with Crippen molar-refractivity contribution >= 4 is 5.91 Å². The first-order chi connectivity index (χ1) is 11.7. The molecule has 0 spiro atoms. The van der Waals surface area contributed by atoms with E-state index in [1.54, 1.807) is 0 Å². The van der Waals surface area contributed by atoms with Crippen molar-refractivity contribution in [3.8, 4) is 11.5 Å². The molecule has 1 aliphatic heterocycles. The molecule has 0 saturated heterocycles. The average molecular weight is 323 g/mol. The van der Waals surface area contributed by atoms with Gasteiger partial charge in [-0.3, -0.25) is 4.79 Å². The Hall–Kier alpha value is -2.49. The minimum atomic E-state index is -0.369. The minimum absolute atomic E-state index is 0.0758. The van der Waals surface area contributed by atoms with E-state index in [9.17, 15) is 4.79 Å². The number of benzene rings is 2. The fourth-order valence-corrected chi connectivity index (χ4v) is 3.53. The summed E-state index contributed by atoms with van der Waals surface area (Å²) in [6.07, 6.45) is 2.92. The van der Waals surface area contributed by atoms with Crippen molar-refractivity contribution in [1.82, 2.24) is 5.32 Å². The van der Waals surface area contributed by atoms with Crippen LogP contribution in [-0.2, 0) is 10.2 Å². The van der Waals surface area contributed by atoms with Gasteiger partial charge in [-0.15, -0.1) is 0 Å². The van der Waals surface area contributed by atoms with Crippen LogP contribution in [0.25, 0.3) is 0 Å². The summed E-state index contributed by atoms with van der Waals surface area (Å²) < 4.78 is 10.8. The van der Waals surface area contributed by atoms with E-state index < -0.39 is 0 Å². The number of carbonyl (C=O) groups is 1. The topological polar surface area (TPSA) is 47.6 Å². The van der Waals surface area contributed by atoms with E-state index in [-0.39, 0.29) is 24.2 Å². The Morgan fingerprint density at radius 3 is 2.54 bits per heavy atom. The predicted molar refractivity (Wildman–Crippen MR) is 91.1 cm³/mol. The highest BCUT2D eigenvalue weighted by atomic mass is 16.7. The summed E-state index contributed by atoms with van der Waals surface area (Å²) in [5, 5.41) is 3.19. The fourth-order valence-electron chi connectivity index (χ4n) is 3.53. The Morgan fingerprint density at radius 1 is 1.08 bits per heavy atom. The highest BCUT2D eigenvalue weighted by Gasteiger charge is 2.45. The molecule has 2 aromatic carbocycles. The average Bonchev–Trinajstić information content (AvgIpc) is 3.02. The molecule has 0 aromatic heterocycles. The third-order valence-electron chi connectivity index (χ3n) is 5.21. The molecule has 1 heterocycles. The molecule has 1 N–H and O–H groups in total. The molecule has 4 rings (SSSR count). The lowest BCUT2D eigenvalue weighted by molar-refractivity contribution is -0.130. The molecular weight excluding hydrogens is 302 g/mol. The highest BCUT2D eigenvalue weighted by Crippen LogP contribution is 2.44. The van der Waals surface area contributed by atoms with Gasteiger partial charge >= 0.3 is 0 Å². The summed E-state index contributed by atoms with van der Waals surface area (Å²) >= 11 is 0. The quantitative estimate of drug-likeness (QED) is 0.933. The maximum Gasteiger partial charge on any atom is 0.231 e. The van der Waals surface area contributed by atoms with Crippen LogP contribution < -0.4 is 14.8 Å². The molecule has 0 radical (unpaired) electrons. The molecule has 24 heavy (non-hydrogen) atoms. The molecule has 2 aliphatic rings. The van der Waals surface area contributed by atoms with Crippen molar-refractivity contribution in [2.45, 2.75) is 37.6 Å². The summed E-state index contributed by atoms with van der Waals surface area (Å²) in [5.41, 5.74) is 1.77. The van der Waals surface area contributed by atoms with Gasteiger partial charge in [0.25, 0.3) is 0 Å². The van der Waals surface area contributed by atoms with Crippen LogP contribution in [0.3, 0.4) is 0 Å². The summed E-state index contributed by atoms with van der Waals surface area (Å²) in [7, 11) is 0. The summed E-state index contributed by atoms with van der Waals surface area (Å²) in [5.74, 6) is 1.62. The zero-order valence-corrected chi connectivity index (χ0v) is 13.7. The smallest absolute Gasteiger partial charge is 0.231 e. The van der Waals surface area contributed by atoms with Crippen molar-refractivity contribution < 1.29 is 14.3 Å². The van der Waals surface area contributed by atoms with Crippen molar-refractivity contribution in [3.63, 3.8) is 0 Å². The molecule has 1 saturated carbocycles. The molecule has 1 atom stereocenters. The monoisotopic (exact) mass is 323 g/mol. The van der Waals surface area contributed by atoms with Crippen LogP contribution in [0.4, 0.5) is 0 Å². The Morgan fingerprint density at radius 2 is 1.83 bits per heavy atom. The van der Waals surface area contributed by atoms with E-state index in [0.717, 1.165) is 41.9 Å². The number of carbonyl (C=O) groups excluding carboxylic acids is 1. The standard InChI is InChI=1S/C20H21NO3/c1-14(15-8-9-17-18(12-15)24-13-23-17)21-19(22)20(10-5-11-20)16-6-3-2-4-7-16/h2-4,6-9,12,14H,5,10-11,13H2,1H3,(H,21,22)/t14-/m0/s1. The Bertz CT molecular complexity index is 753. The zero-order chi connectivity index (χ0) is 16.6. The SMILES string of the molecule is C[C@H](NC(=O)C1(c2ccccc2)CCC1)c1ccc2c(c1)OCO2. The number of fused-ring (bicyclic) bond motifs is 1. The first kappa shape index (κ1) is 15.1. The van der Waals surface area contributed by atoms with Crippen molar-refractivity contribution in [1.29, 1.82) is 0 Å². The highest BCUT2D eigenvalue weighted by molar-refractivity contribution is 5.89. The predicted octanol–water partition coefficient (Wildman–Crippen LogP) is 3.71. The van der Waals surface area contributed by atoms with Crippen molar-refractivity contribution in [2.75, 3.05) is 6.79 Å². The molecule has 1 fully saturated rings. The molecule has 124 valence electrons. The first-order valence-corrected chi connectivity index (χ1v) is 8.45. The summed E-state index contributed by atoms with van der Waals surface area (Å²) in [4.78, 5) is 13.0. The lowest BCUT2D eigenvalue weighted by atomic mass is 9.63. The lowest BCUT2D eigenvalue weighted by Crippen LogP contribution is -2.49. The van der Waals surface area contributed by atoms with E-state index in [4.69, 9.17) is 9.47 Å². The van der Waals surface area contributed by atoms with E-state index in [0.29, 0.717) is 0 Å². The summed E-state index contributed by atoms with van der Waals surface area (Å²) in [6.45, 7) is 2.27. The second-order valence-electron chi connectivity index (χ2n) is 6.61. The lowest BCUT2D eigenvalue weighted by Gasteiger charge is -2.41. The largest absolute Gasteiger partial charge is 0.454 e. The Kier molecular flexibility index (Phi) is 3.68. The number of nitrogens with one attached hydrogen (secondary N) is 1. The van der Waals surface area contributed by atoms with Gasteiger partial charge < -0.3 is 14.8 Å². The molecule has 2 aromatic rings. The second kappa shape index (κ2) is 5.86. The van der Waals surface area contributed by atoms with Gasteiger partial charge in [-0.2, -0.15) is 0 Å². The fraction of sp³-hybridized carbons (Fsp3) is 0.350. The van der Waals surface area contributed by atoms with E-state index in [1.165, 1.54) is 0 Å². The number of hydrogen-bond donors (Lipinski definition) is 1. The minimum Gasteiger partial charge on any atom is -0.454 e. The molecule has 0 bridgehead atoms. The normalized spacial score (nSPS) is 18.5. The number of rotatable bonds is 4. The van der Waals surface area contributed by atoms with Crippen molar-refractivity contribution in [3.05, 3.63) is 59.7 Å². The van der Waals surface area contributed by atoms with Gasteiger partial charge in [-0.25, -0.2) is 0 Å². The second-order valence-corrected chi connectivity index (χ2v) is 6.61. The van der Waals surface area contributed by atoms with Crippen LogP contribution in [0.15, 0.2) is 48.5 Å². The maximum atomic E-state index is 13.0. The van der Waals surface area contributed by atoms with Gasteiger partial charge in [0.2, 0.25) is 12.7 Å². The van der Waals surface area contributed by atoms with Crippen LogP contribution in [0.1, 0.15) is 43.4 Å². The van der Waals surface area contributed by atoms with Gasteiger partial charge in [0.15, 0.2) is 11.5 Å². The van der Waals surface area contributed by atoms with E-state index in [2.05, 4.69) is 17.4 Å². The first-order valence-electron chi connectivity index (χ1n) is 8.45. The van der Waals surface area contributed by atoms with Gasteiger partial charge in [-0.1, -0.05) is 42.8 Å². The van der Waals surface area contributed by atoms with Crippen LogP contribution in [0.2, 0.25) is 0 Å².